The van der Waals surface area contributed by atoms with Crippen LogP contribution in [0.1, 0.15) is 39.2 Å². The Labute approximate surface area is 163 Å². The first kappa shape index (κ1) is 20.4. The van der Waals surface area contributed by atoms with Crippen molar-refractivity contribution in [2.24, 2.45) is 5.92 Å². The summed E-state index contributed by atoms with van der Waals surface area (Å²) in [4.78, 5) is 0. The Balaban J connectivity index is 0.000000399. The summed E-state index contributed by atoms with van der Waals surface area (Å²) in [6.45, 7) is 8.48. The van der Waals surface area contributed by atoms with Crippen molar-refractivity contribution in [1.29, 1.82) is 0 Å². The van der Waals surface area contributed by atoms with E-state index < -0.39 is 0 Å². The number of nitrogens with one attached hydrogen (secondary N) is 1. The molecule has 2 aromatic rings. The molecule has 1 fully saturated rings. The smallest absolute Gasteiger partial charge is 0.0406 e. The van der Waals surface area contributed by atoms with Gasteiger partial charge in [0.1, 0.15) is 0 Å². The number of hydrogen-bond acceptors (Lipinski definition) is 2. The second kappa shape index (κ2) is 9.66. The normalized spacial score (nSPS) is 15.4. The maximum absolute atomic E-state index is 5.99. The number of benzene rings is 2. The van der Waals surface area contributed by atoms with Crippen molar-refractivity contribution in [3.8, 4) is 11.1 Å². The van der Waals surface area contributed by atoms with Crippen LogP contribution in [0.15, 0.2) is 48.5 Å². The van der Waals surface area contributed by atoms with E-state index in [1.54, 1.807) is 0 Å². The second-order valence-corrected chi connectivity index (χ2v) is 9.51. The first-order valence-electron chi connectivity index (χ1n) is 9.10. The van der Waals surface area contributed by atoms with Gasteiger partial charge in [0.25, 0.3) is 0 Å². The second-order valence-electron chi connectivity index (χ2n) is 7.73. The monoisotopic (exact) mass is 375 g/mol. The van der Waals surface area contributed by atoms with Crippen molar-refractivity contribution >= 4 is 24.2 Å². The van der Waals surface area contributed by atoms with Gasteiger partial charge < -0.3 is 5.32 Å². The topological polar surface area (TPSA) is 12.0 Å². The van der Waals surface area contributed by atoms with Crippen LogP contribution in [0.4, 0.5) is 0 Å². The van der Waals surface area contributed by atoms with Crippen molar-refractivity contribution in [2.45, 2.75) is 44.8 Å². The molecule has 136 valence electrons. The number of halogens is 1. The molecule has 1 aliphatic rings. The summed E-state index contributed by atoms with van der Waals surface area (Å²) in [5.41, 5.74) is 4.07. The zero-order chi connectivity index (χ0) is 18.3. The molecule has 0 aromatic heterocycles. The van der Waals surface area contributed by atoms with E-state index in [1.165, 1.54) is 36.0 Å². The van der Waals surface area contributed by atoms with Crippen LogP contribution in [-0.2, 0) is 6.42 Å². The summed E-state index contributed by atoms with van der Waals surface area (Å²) >= 11 is 10.1. The van der Waals surface area contributed by atoms with Crippen molar-refractivity contribution in [3.05, 3.63) is 59.1 Å². The Morgan fingerprint density at radius 3 is 2.16 bits per heavy atom. The molecule has 1 aliphatic heterocycles. The Bertz CT molecular complexity index is 634. The predicted molar refractivity (Wildman–Crippen MR) is 115 cm³/mol. The molecule has 0 unspecified atom stereocenters. The van der Waals surface area contributed by atoms with Gasteiger partial charge in [0, 0.05) is 9.77 Å². The number of thiol groups is 1. The summed E-state index contributed by atoms with van der Waals surface area (Å²) in [6.07, 6.45) is 3.75. The highest BCUT2D eigenvalue weighted by atomic mass is 35.5. The average Bonchev–Trinajstić information content (AvgIpc) is 2.56. The van der Waals surface area contributed by atoms with Crippen molar-refractivity contribution in [3.63, 3.8) is 0 Å². The number of rotatable bonds is 3. The Morgan fingerprint density at radius 1 is 1.00 bits per heavy atom. The van der Waals surface area contributed by atoms with E-state index in [0.29, 0.717) is 0 Å². The zero-order valence-electron chi connectivity index (χ0n) is 15.6. The van der Waals surface area contributed by atoms with Crippen LogP contribution in [0.25, 0.3) is 11.1 Å². The molecule has 3 rings (SSSR count). The SMILES string of the molecule is CC(C)(C)S.Clc1ccc(-c2ccccc2CC2CCNCC2)cc1. The van der Waals surface area contributed by atoms with Crippen LogP contribution >= 0.6 is 24.2 Å². The summed E-state index contributed by atoms with van der Waals surface area (Å²) < 4.78 is 0.194. The minimum atomic E-state index is 0.194. The Kier molecular flexibility index (Phi) is 7.86. The maximum Gasteiger partial charge on any atom is 0.0406 e. The van der Waals surface area contributed by atoms with Gasteiger partial charge in [0.05, 0.1) is 0 Å². The third-order valence-electron chi connectivity index (χ3n) is 4.14. The quantitative estimate of drug-likeness (QED) is 0.603. The van der Waals surface area contributed by atoms with Gasteiger partial charge in [0.2, 0.25) is 0 Å². The molecule has 1 nitrogen and oxygen atoms in total. The average molecular weight is 376 g/mol. The molecule has 0 spiro atoms. The van der Waals surface area contributed by atoms with Crippen molar-refractivity contribution < 1.29 is 0 Å². The fourth-order valence-electron chi connectivity index (χ4n) is 3.01. The van der Waals surface area contributed by atoms with Crippen molar-refractivity contribution in [2.75, 3.05) is 13.1 Å². The molecule has 1 saturated heterocycles. The highest BCUT2D eigenvalue weighted by Crippen LogP contribution is 2.28. The molecule has 1 N–H and O–H groups in total. The minimum absolute atomic E-state index is 0.194. The lowest BCUT2D eigenvalue weighted by Gasteiger charge is -2.23. The third kappa shape index (κ3) is 7.85. The lowest BCUT2D eigenvalue weighted by Crippen LogP contribution is -2.28. The Hall–Kier alpha value is -0.960. The van der Waals surface area contributed by atoms with E-state index in [9.17, 15) is 0 Å². The van der Waals surface area contributed by atoms with E-state index in [2.05, 4.69) is 75.1 Å². The first-order chi connectivity index (χ1) is 11.8. The molecule has 2 aromatic carbocycles. The molecule has 0 aliphatic carbocycles. The first-order valence-corrected chi connectivity index (χ1v) is 9.92. The lowest BCUT2D eigenvalue weighted by atomic mass is 9.87. The molecule has 0 saturated carbocycles. The maximum atomic E-state index is 5.99. The van der Waals surface area contributed by atoms with Crippen LogP contribution in [0.2, 0.25) is 5.02 Å². The third-order valence-corrected chi connectivity index (χ3v) is 4.39. The lowest BCUT2D eigenvalue weighted by molar-refractivity contribution is 0.373. The largest absolute Gasteiger partial charge is 0.317 e. The zero-order valence-corrected chi connectivity index (χ0v) is 17.2. The predicted octanol–water partition coefficient (Wildman–Crippen LogP) is 6.26. The van der Waals surface area contributed by atoms with Gasteiger partial charge in [-0.2, -0.15) is 12.6 Å². The molecule has 0 atom stereocenters. The number of hydrogen-bond donors (Lipinski definition) is 2. The number of piperidine rings is 1. The van der Waals surface area contributed by atoms with Gasteiger partial charge in [-0.05, 0) is 67.1 Å². The van der Waals surface area contributed by atoms with Gasteiger partial charge in [-0.1, -0.05) is 68.8 Å². The van der Waals surface area contributed by atoms with Crippen molar-refractivity contribution in [1.82, 2.24) is 5.32 Å². The molecule has 0 radical (unpaired) electrons. The molecule has 3 heteroatoms. The van der Waals surface area contributed by atoms with E-state index in [0.717, 1.165) is 24.0 Å². The van der Waals surface area contributed by atoms with E-state index in [-0.39, 0.29) is 4.75 Å². The molecule has 1 heterocycles. The van der Waals surface area contributed by atoms with Crippen LogP contribution in [-0.4, -0.2) is 17.8 Å². The standard InChI is InChI=1S/C18H20ClN.C4H10S/c19-17-7-5-15(6-8-17)18-4-2-1-3-16(18)13-14-9-11-20-12-10-14;1-4(2,3)5/h1-8,14,20H,9-13H2;5H,1-3H3. The van der Waals surface area contributed by atoms with Gasteiger partial charge in [-0.15, -0.1) is 0 Å². The Morgan fingerprint density at radius 2 is 1.56 bits per heavy atom. The highest BCUT2D eigenvalue weighted by molar-refractivity contribution is 7.81. The van der Waals surface area contributed by atoms with Crippen LogP contribution < -0.4 is 5.32 Å². The van der Waals surface area contributed by atoms with Gasteiger partial charge >= 0.3 is 0 Å². The van der Waals surface area contributed by atoms with Gasteiger partial charge in [0.15, 0.2) is 0 Å². The fourth-order valence-corrected chi connectivity index (χ4v) is 3.13. The molecule has 25 heavy (non-hydrogen) atoms. The molecule has 0 bridgehead atoms. The summed E-state index contributed by atoms with van der Waals surface area (Å²) in [6, 6.07) is 16.9. The summed E-state index contributed by atoms with van der Waals surface area (Å²) in [5, 5.41) is 4.23. The minimum Gasteiger partial charge on any atom is -0.317 e. The van der Waals surface area contributed by atoms with Crippen LogP contribution in [0, 0.1) is 5.92 Å². The summed E-state index contributed by atoms with van der Waals surface area (Å²) in [5.74, 6) is 0.810. The van der Waals surface area contributed by atoms with E-state index in [4.69, 9.17) is 11.6 Å². The van der Waals surface area contributed by atoms with Gasteiger partial charge in [-0.3, -0.25) is 0 Å². The molecule has 0 amide bonds. The van der Waals surface area contributed by atoms with Gasteiger partial charge in [-0.25, -0.2) is 0 Å². The van der Waals surface area contributed by atoms with E-state index >= 15 is 0 Å². The van der Waals surface area contributed by atoms with Crippen LogP contribution in [0.5, 0.6) is 0 Å². The molecular formula is C22H30ClNS. The van der Waals surface area contributed by atoms with E-state index in [1.807, 2.05) is 12.1 Å². The molecular weight excluding hydrogens is 346 g/mol. The summed E-state index contributed by atoms with van der Waals surface area (Å²) in [7, 11) is 0. The highest BCUT2D eigenvalue weighted by Gasteiger charge is 2.15. The fraction of sp³-hybridized carbons (Fsp3) is 0.455. The van der Waals surface area contributed by atoms with Crippen LogP contribution in [0.3, 0.4) is 0 Å².